The van der Waals surface area contributed by atoms with Gasteiger partial charge in [-0.05, 0) is 66.8 Å². The zero-order chi connectivity index (χ0) is 17.5. The van der Waals surface area contributed by atoms with Gasteiger partial charge in [0.25, 0.3) is 0 Å². The summed E-state index contributed by atoms with van der Waals surface area (Å²) in [4.78, 5) is 18.4. The molecule has 8 bridgehead atoms. The summed E-state index contributed by atoms with van der Waals surface area (Å²) in [5.41, 5.74) is 7.30. The fourth-order valence-corrected chi connectivity index (χ4v) is 3.08. The first-order valence-electron chi connectivity index (χ1n) is 8.33. The molecule has 0 spiro atoms. The molecule has 0 fully saturated rings. The summed E-state index contributed by atoms with van der Waals surface area (Å²) in [5, 5.41) is 9.64. The molecule has 0 atom stereocenters. The smallest absolute Gasteiger partial charge is 0.0714 e. The normalized spacial score (nSPS) is 22.3. The molecule has 5 aliphatic heterocycles. The van der Waals surface area contributed by atoms with Crippen LogP contribution in [0.2, 0.25) is 0 Å². The molecular formula is C21H14N4O. The number of allylic oxidation sites excluding steroid dienone is 11. The van der Waals surface area contributed by atoms with E-state index in [2.05, 4.69) is 20.0 Å². The lowest BCUT2D eigenvalue weighted by Crippen LogP contribution is -2.00. The summed E-state index contributed by atoms with van der Waals surface area (Å²) in [6, 6.07) is 0. The molecule has 0 amide bonds. The Kier molecular flexibility index (Phi) is 3.33. The van der Waals surface area contributed by atoms with Crippen molar-refractivity contribution in [2.45, 2.75) is 0 Å². The number of hydrogen-bond acceptors (Lipinski definition) is 5. The van der Waals surface area contributed by atoms with Crippen LogP contribution in [-0.4, -0.2) is 34.6 Å². The fourth-order valence-electron chi connectivity index (χ4n) is 3.08. The van der Waals surface area contributed by atoms with Crippen molar-refractivity contribution in [1.29, 1.82) is 0 Å². The van der Waals surface area contributed by atoms with E-state index >= 15 is 0 Å². The minimum atomic E-state index is -0.0697. The lowest BCUT2D eigenvalue weighted by molar-refractivity contribution is 0.337. The molecule has 26 heavy (non-hydrogen) atoms. The van der Waals surface area contributed by atoms with Crippen LogP contribution in [0.4, 0.5) is 0 Å². The molecule has 1 N–H and O–H groups in total. The van der Waals surface area contributed by atoms with Gasteiger partial charge in [0.2, 0.25) is 0 Å². The third-order valence-corrected chi connectivity index (χ3v) is 4.29. The van der Waals surface area contributed by atoms with Crippen LogP contribution in [0.25, 0.3) is 0 Å². The van der Waals surface area contributed by atoms with Gasteiger partial charge in [0.1, 0.15) is 0 Å². The van der Waals surface area contributed by atoms with E-state index < -0.39 is 0 Å². The van der Waals surface area contributed by atoms with Gasteiger partial charge in [-0.25, -0.2) is 20.0 Å². The number of aliphatic imine (C=N–C) groups is 4. The van der Waals surface area contributed by atoms with E-state index in [4.69, 9.17) is 0 Å². The van der Waals surface area contributed by atoms with E-state index in [1.807, 2.05) is 66.8 Å². The maximum atomic E-state index is 9.64. The maximum Gasteiger partial charge on any atom is 0.0714 e. The zero-order valence-electron chi connectivity index (χ0n) is 13.8. The second kappa shape index (κ2) is 5.82. The van der Waals surface area contributed by atoms with Crippen molar-refractivity contribution in [2.24, 2.45) is 20.0 Å². The molecule has 0 aliphatic carbocycles. The zero-order valence-corrected chi connectivity index (χ0v) is 13.8. The van der Waals surface area contributed by atoms with E-state index in [0.29, 0.717) is 0 Å². The summed E-state index contributed by atoms with van der Waals surface area (Å²) in [6.45, 7) is -0.0697. The molecular weight excluding hydrogens is 324 g/mol. The summed E-state index contributed by atoms with van der Waals surface area (Å²) in [5.74, 6) is 0. The maximum absolute atomic E-state index is 9.64. The van der Waals surface area contributed by atoms with Gasteiger partial charge in [0.15, 0.2) is 0 Å². The summed E-state index contributed by atoms with van der Waals surface area (Å²) in [7, 11) is 0. The largest absolute Gasteiger partial charge is 0.392 e. The van der Waals surface area contributed by atoms with Gasteiger partial charge in [0, 0.05) is 5.57 Å². The van der Waals surface area contributed by atoms with E-state index in [1.165, 1.54) is 0 Å². The SMILES string of the molecule is OCC1=CC2=CC3=NC(=CC4=NC(=CC5=NC(=CC1=N2)C=C5)C=C4)C=C3. The number of fused-ring (bicyclic) bond motifs is 4. The number of aliphatic hydroxyl groups excluding tert-OH is 1. The predicted octanol–water partition coefficient (Wildman–Crippen LogP) is 2.94. The van der Waals surface area contributed by atoms with Crippen LogP contribution in [0.1, 0.15) is 0 Å². The highest BCUT2D eigenvalue weighted by molar-refractivity contribution is 6.16. The second-order valence-electron chi connectivity index (χ2n) is 6.21. The molecule has 0 saturated heterocycles. The Morgan fingerprint density at radius 1 is 0.538 bits per heavy atom. The minimum Gasteiger partial charge on any atom is -0.392 e. The molecule has 0 saturated carbocycles. The highest BCUT2D eigenvalue weighted by atomic mass is 16.3. The van der Waals surface area contributed by atoms with Crippen molar-refractivity contribution >= 4 is 22.8 Å². The van der Waals surface area contributed by atoms with Crippen LogP contribution >= 0.6 is 0 Å². The highest BCUT2D eigenvalue weighted by Gasteiger charge is 2.16. The third kappa shape index (κ3) is 2.74. The molecule has 0 unspecified atom stereocenters. The van der Waals surface area contributed by atoms with Crippen LogP contribution in [0.5, 0.6) is 0 Å². The van der Waals surface area contributed by atoms with E-state index in [-0.39, 0.29) is 6.61 Å². The average Bonchev–Trinajstić information content (AvgIpc) is 3.39. The van der Waals surface area contributed by atoms with Gasteiger partial charge in [-0.1, -0.05) is 0 Å². The fraction of sp³-hybridized carbons (Fsp3) is 0.0476. The van der Waals surface area contributed by atoms with Crippen molar-refractivity contribution in [3.63, 3.8) is 0 Å². The van der Waals surface area contributed by atoms with Gasteiger partial charge < -0.3 is 5.11 Å². The topological polar surface area (TPSA) is 69.7 Å². The second-order valence-corrected chi connectivity index (χ2v) is 6.21. The molecule has 0 radical (unpaired) electrons. The number of nitrogens with zero attached hydrogens (tertiary/aromatic N) is 4. The van der Waals surface area contributed by atoms with Crippen LogP contribution in [0.3, 0.4) is 0 Å². The Balaban J connectivity index is 1.66. The van der Waals surface area contributed by atoms with Gasteiger partial charge in [-0.2, -0.15) is 0 Å². The molecule has 5 heteroatoms. The van der Waals surface area contributed by atoms with Crippen molar-refractivity contribution in [3.8, 4) is 0 Å². The Bertz CT molecular complexity index is 1090. The first-order chi connectivity index (χ1) is 12.7. The third-order valence-electron chi connectivity index (χ3n) is 4.29. The van der Waals surface area contributed by atoms with E-state index in [0.717, 1.165) is 51.2 Å². The first-order valence-corrected chi connectivity index (χ1v) is 8.33. The summed E-state index contributed by atoms with van der Waals surface area (Å²) < 4.78 is 0. The van der Waals surface area contributed by atoms with Crippen molar-refractivity contribution in [1.82, 2.24) is 0 Å². The number of rotatable bonds is 1. The summed E-state index contributed by atoms with van der Waals surface area (Å²) >= 11 is 0. The van der Waals surface area contributed by atoms with Crippen LogP contribution in [-0.2, 0) is 0 Å². The number of aliphatic hydroxyl groups is 1. The van der Waals surface area contributed by atoms with Crippen molar-refractivity contribution in [3.05, 3.63) is 95.2 Å². The Hall–Kier alpha value is -3.44. The Morgan fingerprint density at radius 2 is 1.04 bits per heavy atom. The minimum absolute atomic E-state index is 0.0697. The average molecular weight is 338 g/mol. The first kappa shape index (κ1) is 14.9. The Labute approximate surface area is 150 Å². The lowest BCUT2D eigenvalue weighted by Gasteiger charge is -1.97. The van der Waals surface area contributed by atoms with Crippen molar-refractivity contribution in [2.75, 3.05) is 6.61 Å². The van der Waals surface area contributed by atoms with E-state index in [9.17, 15) is 5.11 Å². The monoisotopic (exact) mass is 338 g/mol. The quantitative estimate of drug-likeness (QED) is 0.784. The van der Waals surface area contributed by atoms with Gasteiger partial charge in [-0.15, -0.1) is 0 Å². The summed E-state index contributed by atoms with van der Waals surface area (Å²) in [6.07, 6.45) is 21.3. The molecule has 0 aromatic rings. The molecule has 5 heterocycles. The molecule has 0 aromatic heterocycles. The predicted molar refractivity (Wildman–Crippen MR) is 105 cm³/mol. The lowest BCUT2D eigenvalue weighted by atomic mass is 10.1. The van der Waals surface area contributed by atoms with Crippen LogP contribution in [0, 0.1) is 0 Å². The molecule has 0 aromatic carbocycles. The molecule has 5 nitrogen and oxygen atoms in total. The molecule has 124 valence electrons. The van der Waals surface area contributed by atoms with Gasteiger partial charge in [0.05, 0.1) is 52.2 Å². The van der Waals surface area contributed by atoms with Crippen LogP contribution in [0.15, 0.2) is 115 Å². The van der Waals surface area contributed by atoms with Gasteiger partial charge in [-0.3, -0.25) is 0 Å². The Morgan fingerprint density at radius 3 is 1.58 bits per heavy atom. The molecule has 5 aliphatic rings. The van der Waals surface area contributed by atoms with Crippen molar-refractivity contribution < 1.29 is 5.11 Å². The standard InChI is InChI=1S/C21H14N4O/c26-12-13-7-20-10-18-4-3-16(23-18)8-14-1-2-15(22-14)9-17-5-6-19(24-17)11-21(13)25-20/h1-11,26H,12H2. The molecule has 5 rings (SSSR count). The van der Waals surface area contributed by atoms with Gasteiger partial charge >= 0.3 is 0 Å². The number of hydrogen-bond donors (Lipinski definition) is 1. The highest BCUT2D eigenvalue weighted by Crippen LogP contribution is 2.22. The van der Waals surface area contributed by atoms with E-state index in [1.54, 1.807) is 0 Å². The van der Waals surface area contributed by atoms with Crippen LogP contribution < -0.4 is 0 Å².